The molecule has 1 aliphatic carbocycles. The second-order valence-corrected chi connectivity index (χ2v) is 5.13. The molecule has 0 spiro atoms. The van der Waals surface area contributed by atoms with Crippen molar-refractivity contribution in [1.82, 2.24) is 5.32 Å². The van der Waals surface area contributed by atoms with Gasteiger partial charge in [-0.2, -0.15) is 0 Å². The van der Waals surface area contributed by atoms with E-state index in [1.54, 1.807) is 14.2 Å². The predicted molar refractivity (Wildman–Crippen MR) is 73.6 cm³/mol. The number of nitrogens with one attached hydrogen (secondary N) is 1. The fraction of sp³-hybridized carbons (Fsp3) is 0.600. The maximum Gasteiger partial charge on any atom is 0.160 e. The Balaban J connectivity index is 2.10. The van der Waals surface area contributed by atoms with Gasteiger partial charge in [0.05, 0.1) is 14.2 Å². The first-order chi connectivity index (χ1) is 8.65. The van der Waals surface area contributed by atoms with Crippen molar-refractivity contribution in [3.63, 3.8) is 0 Å². The second kappa shape index (κ2) is 5.61. The summed E-state index contributed by atoms with van der Waals surface area (Å²) in [6, 6.07) is 7.40. The highest BCUT2D eigenvalue weighted by Gasteiger charge is 2.25. The normalized spacial score (nSPS) is 18.2. The standard InChI is InChI=1S/C15H23NO2/c1-10(11(2)16-13-6-7-13)12-5-8-14(17-3)15(9-12)18-4/h5,8-11,13,16H,6-7H2,1-4H3. The van der Waals surface area contributed by atoms with Gasteiger partial charge in [-0.1, -0.05) is 13.0 Å². The van der Waals surface area contributed by atoms with E-state index in [-0.39, 0.29) is 0 Å². The van der Waals surface area contributed by atoms with E-state index in [9.17, 15) is 0 Å². The van der Waals surface area contributed by atoms with E-state index < -0.39 is 0 Å². The van der Waals surface area contributed by atoms with E-state index in [0.717, 1.165) is 17.5 Å². The summed E-state index contributed by atoms with van der Waals surface area (Å²) in [5.41, 5.74) is 1.29. The average molecular weight is 249 g/mol. The third-order valence-corrected chi connectivity index (χ3v) is 3.76. The van der Waals surface area contributed by atoms with Crippen LogP contribution in [0, 0.1) is 0 Å². The van der Waals surface area contributed by atoms with Crippen LogP contribution < -0.4 is 14.8 Å². The smallest absolute Gasteiger partial charge is 0.160 e. The lowest BCUT2D eigenvalue weighted by molar-refractivity contribution is 0.353. The first-order valence-electron chi connectivity index (χ1n) is 6.63. The fourth-order valence-corrected chi connectivity index (χ4v) is 2.19. The monoisotopic (exact) mass is 249 g/mol. The van der Waals surface area contributed by atoms with Crippen LogP contribution in [-0.2, 0) is 0 Å². The molecule has 1 saturated carbocycles. The summed E-state index contributed by atoms with van der Waals surface area (Å²) in [4.78, 5) is 0. The highest BCUT2D eigenvalue weighted by Crippen LogP contribution is 2.32. The number of rotatable bonds is 6. The number of methoxy groups -OCH3 is 2. The van der Waals surface area contributed by atoms with Crippen molar-refractivity contribution in [1.29, 1.82) is 0 Å². The number of hydrogen-bond acceptors (Lipinski definition) is 3. The van der Waals surface area contributed by atoms with E-state index >= 15 is 0 Å². The summed E-state index contributed by atoms with van der Waals surface area (Å²) < 4.78 is 10.6. The molecule has 0 saturated heterocycles. The minimum absolute atomic E-state index is 0.463. The Morgan fingerprint density at radius 1 is 1.11 bits per heavy atom. The lowest BCUT2D eigenvalue weighted by Crippen LogP contribution is -2.32. The van der Waals surface area contributed by atoms with Gasteiger partial charge in [0.2, 0.25) is 0 Å². The van der Waals surface area contributed by atoms with Crippen LogP contribution >= 0.6 is 0 Å². The second-order valence-electron chi connectivity index (χ2n) is 5.13. The molecule has 18 heavy (non-hydrogen) atoms. The average Bonchev–Trinajstić information content (AvgIpc) is 3.20. The van der Waals surface area contributed by atoms with Crippen LogP contribution in [0.2, 0.25) is 0 Å². The number of hydrogen-bond donors (Lipinski definition) is 1. The Bertz CT molecular complexity index is 401. The third kappa shape index (κ3) is 2.96. The molecule has 2 atom stereocenters. The van der Waals surface area contributed by atoms with Crippen LogP contribution in [0.3, 0.4) is 0 Å². The highest BCUT2D eigenvalue weighted by atomic mass is 16.5. The van der Waals surface area contributed by atoms with Crippen LogP contribution in [0.1, 0.15) is 38.2 Å². The molecule has 100 valence electrons. The minimum atomic E-state index is 0.463. The van der Waals surface area contributed by atoms with Gasteiger partial charge in [0.25, 0.3) is 0 Å². The number of ether oxygens (including phenoxy) is 2. The van der Waals surface area contributed by atoms with Crippen molar-refractivity contribution in [3.05, 3.63) is 23.8 Å². The van der Waals surface area contributed by atoms with Crippen molar-refractivity contribution in [2.45, 2.75) is 44.7 Å². The summed E-state index contributed by atoms with van der Waals surface area (Å²) in [6.45, 7) is 4.50. The summed E-state index contributed by atoms with van der Waals surface area (Å²) >= 11 is 0. The van der Waals surface area contributed by atoms with Gasteiger partial charge in [0.15, 0.2) is 11.5 Å². The van der Waals surface area contributed by atoms with Crippen LogP contribution in [-0.4, -0.2) is 26.3 Å². The molecule has 0 amide bonds. The Morgan fingerprint density at radius 2 is 1.78 bits per heavy atom. The Morgan fingerprint density at radius 3 is 2.33 bits per heavy atom. The highest BCUT2D eigenvalue weighted by molar-refractivity contribution is 5.44. The minimum Gasteiger partial charge on any atom is -0.493 e. The Kier molecular flexibility index (Phi) is 4.12. The Labute approximate surface area is 109 Å². The van der Waals surface area contributed by atoms with E-state index in [0.29, 0.717) is 12.0 Å². The van der Waals surface area contributed by atoms with E-state index in [2.05, 4.69) is 31.3 Å². The van der Waals surface area contributed by atoms with Gasteiger partial charge < -0.3 is 14.8 Å². The molecule has 0 heterocycles. The molecule has 3 heteroatoms. The van der Waals surface area contributed by atoms with Crippen LogP contribution in [0.15, 0.2) is 18.2 Å². The van der Waals surface area contributed by atoms with E-state index in [4.69, 9.17) is 9.47 Å². The first-order valence-corrected chi connectivity index (χ1v) is 6.63. The Hall–Kier alpha value is -1.22. The molecule has 1 aliphatic rings. The molecule has 0 bridgehead atoms. The van der Waals surface area contributed by atoms with Crippen molar-refractivity contribution in [2.24, 2.45) is 0 Å². The molecule has 1 aromatic carbocycles. The maximum absolute atomic E-state index is 5.35. The van der Waals surface area contributed by atoms with Gasteiger partial charge in [-0.15, -0.1) is 0 Å². The van der Waals surface area contributed by atoms with Crippen molar-refractivity contribution in [2.75, 3.05) is 14.2 Å². The number of benzene rings is 1. The molecule has 0 aromatic heterocycles. The summed E-state index contributed by atoms with van der Waals surface area (Å²) in [5.74, 6) is 2.06. The van der Waals surface area contributed by atoms with Gasteiger partial charge in [-0.05, 0) is 43.4 Å². The quantitative estimate of drug-likeness (QED) is 0.841. The summed E-state index contributed by atoms with van der Waals surface area (Å²) in [7, 11) is 3.34. The van der Waals surface area contributed by atoms with Crippen LogP contribution in [0.4, 0.5) is 0 Å². The van der Waals surface area contributed by atoms with E-state index in [1.165, 1.54) is 18.4 Å². The zero-order valence-corrected chi connectivity index (χ0v) is 11.7. The fourth-order valence-electron chi connectivity index (χ4n) is 2.19. The molecule has 1 aromatic rings. The van der Waals surface area contributed by atoms with Crippen molar-refractivity contribution in [3.8, 4) is 11.5 Å². The topological polar surface area (TPSA) is 30.5 Å². The van der Waals surface area contributed by atoms with Gasteiger partial charge >= 0.3 is 0 Å². The lowest BCUT2D eigenvalue weighted by atomic mass is 9.94. The van der Waals surface area contributed by atoms with Crippen LogP contribution in [0.25, 0.3) is 0 Å². The molecule has 2 unspecified atom stereocenters. The lowest BCUT2D eigenvalue weighted by Gasteiger charge is -2.22. The SMILES string of the molecule is COc1ccc(C(C)C(C)NC2CC2)cc1OC. The van der Waals surface area contributed by atoms with Gasteiger partial charge in [-0.3, -0.25) is 0 Å². The van der Waals surface area contributed by atoms with Crippen LogP contribution in [0.5, 0.6) is 11.5 Å². The van der Waals surface area contributed by atoms with E-state index in [1.807, 2.05) is 6.07 Å². The van der Waals surface area contributed by atoms with Crippen molar-refractivity contribution < 1.29 is 9.47 Å². The molecule has 2 rings (SSSR count). The van der Waals surface area contributed by atoms with Crippen molar-refractivity contribution >= 4 is 0 Å². The molecular weight excluding hydrogens is 226 g/mol. The molecule has 1 N–H and O–H groups in total. The van der Waals surface area contributed by atoms with Gasteiger partial charge in [0.1, 0.15) is 0 Å². The third-order valence-electron chi connectivity index (χ3n) is 3.76. The molecule has 1 fully saturated rings. The zero-order chi connectivity index (χ0) is 13.1. The van der Waals surface area contributed by atoms with Gasteiger partial charge in [0, 0.05) is 12.1 Å². The molecule has 3 nitrogen and oxygen atoms in total. The molecule has 0 radical (unpaired) electrons. The zero-order valence-electron chi connectivity index (χ0n) is 11.7. The van der Waals surface area contributed by atoms with Gasteiger partial charge in [-0.25, -0.2) is 0 Å². The summed E-state index contributed by atoms with van der Waals surface area (Å²) in [5, 5.41) is 3.65. The largest absolute Gasteiger partial charge is 0.493 e. The predicted octanol–water partition coefficient (Wildman–Crippen LogP) is 2.95. The molecular formula is C15H23NO2. The molecule has 0 aliphatic heterocycles. The summed E-state index contributed by atoms with van der Waals surface area (Å²) in [6.07, 6.45) is 2.64. The maximum atomic E-state index is 5.35. The first kappa shape index (κ1) is 13.2.